The summed E-state index contributed by atoms with van der Waals surface area (Å²) >= 11 is 8.79. The molecule has 23 heavy (non-hydrogen) atoms. The molecule has 0 aliphatic heterocycles. The maximum atomic E-state index is 13.0. The van der Waals surface area contributed by atoms with Crippen LogP contribution in [0, 0.1) is 5.82 Å². The highest BCUT2D eigenvalue weighted by molar-refractivity contribution is 8.00. The summed E-state index contributed by atoms with van der Waals surface area (Å²) in [5, 5.41) is 6.09. The molecule has 0 fully saturated rings. The van der Waals surface area contributed by atoms with Crippen LogP contribution >= 0.6 is 34.7 Å². The molecule has 4 nitrogen and oxygen atoms in total. The SMILES string of the molecule is C[C@@H](Sc1ncnc2sccc12)C(=O)Nc1ccc(F)cc1Cl. The van der Waals surface area contributed by atoms with Gasteiger partial charge in [-0.1, -0.05) is 23.4 Å². The van der Waals surface area contributed by atoms with Gasteiger partial charge in [-0.2, -0.15) is 0 Å². The van der Waals surface area contributed by atoms with Gasteiger partial charge < -0.3 is 5.32 Å². The largest absolute Gasteiger partial charge is 0.324 e. The number of thioether (sulfide) groups is 1. The van der Waals surface area contributed by atoms with E-state index in [1.54, 1.807) is 6.92 Å². The topological polar surface area (TPSA) is 54.9 Å². The molecule has 0 saturated heterocycles. The third-order valence-corrected chi connectivity index (χ3v) is 5.32. The summed E-state index contributed by atoms with van der Waals surface area (Å²) in [5.41, 5.74) is 0.383. The number of halogens is 2. The van der Waals surface area contributed by atoms with Gasteiger partial charge in [0.15, 0.2) is 0 Å². The van der Waals surface area contributed by atoms with E-state index in [1.807, 2.05) is 11.4 Å². The predicted molar refractivity (Wildman–Crippen MR) is 92.8 cm³/mol. The maximum Gasteiger partial charge on any atom is 0.237 e. The Balaban J connectivity index is 1.74. The summed E-state index contributed by atoms with van der Waals surface area (Å²) < 4.78 is 13.0. The molecule has 2 heterocycles. The van der Waals surface area contributed by atoms with Crippen molar-refractivity contribution in [2.45, 2.75) is 17.2 Å². The lowest BCUT2D eigenvalue weighted by Gasteiger charge is -2.12. The molecule has 1 aromatic carbocycles. The van der Waals surface area contributed by atoms with E-state index in [4.69, 9.17) is 11.6 Å². The molecule has 0 unspecified atom stereocenters. The summed E-state index contributed by atoms with van der Waals surface area (Å²) in [7, 11) is 0. The molecule has 118 valence electrons. The number of aromatic nitrogens is 2. The number of amides is 1. The molecule has 1 atom stereocenters. The standard InChI is InChI=1S/C15H11ClFN3OS2/c1-8(13(21)20-12-3-2-9(17)6-11(12)16)23-15-10-4-5-22-14(10)18-7-19-15/h2-8H,1H3,(H,20,21)/t8-/m1/s1. The van der Waals surface area contributed by atoms with Crippen LogP contribution < -0.4 is 5.32 Å². The minimum absolute atomic E-state index is 0.165. The molecule has 0 aliphatic carbocycles. The highest BCUT2D eigenvalue weighted by atomic mass is 35.5. The van der Waals surface area contributed by atoms with Crippen molar-refractivity contribution in [1.29, 1.82) is 0 Å². The number of carbonyl (C=O) groups is 1. The molecule has 0 radical (unpaired) electrons. The number of anilines is 1. The molecule has 1 amide bonds. The van der Waals surface area contributed by atoms with Crippen molar-refractivity contribution < 1.29 is 9.18 Å². The predicted octanol–water partition coefficient (Wildman–Crippen LogP) is 4.60. The van der Waals surface area contributed by atoms with Gasteiger partial charge in [-0.05, 0) is 36.6 Å². The van der Waals surface area contributed by atoms with Crippen LogP contribution in [0.3, 0.4) is 0 Å². The number of benzene rings is 1. The van der Waals surface area contributed by atoms with Crippen molar-refractivity contribution >= 4 is 56.5 Å². The molecule has 0 saturated carbocycles. The number of nitrogens with one attached hydrogen (secondary N) is 1. The van der Waals surface area contributed by atoms with Crippen molar-refractivity contribution in [3.63, 3.8) is 0 Å². The van der Waals surface area contributed by atoms with Gasteiger partial charge in [0, 0.05) is 5.39 Å². The summed E-state index contributed by atoms with van der Waals surface area (Å²) in [6.45, 7) is 1.78. The first-order valence-electron chi connectivity index (χ1n) is 6.65. The van der Waals surface area contributed by atoms with Crippen LogP contribution in [-0.4, -0.2) is 21.1 Å². The number of thiophene rings is 1. The molecule has 0 bridgehead atoms. The number of nitrogens with zero attached hydrogens (tertiary/aromatic N) is 2. The van der Waals surface area contributed by atoms with Gasteiger partial charge in [-0.25, -0.2) is 14.4 Å². The van der Waals surface area contributed by atoms with Gasteiger partial charge in [0.2, 0.25) is 5.91 Å². The molecule has 0 aliphatic rings. The molecule has 3 aromatic rings. The van der Waals surface area contributed by atoms with Crippen LogP contribution in [0.15, 0.2) is 41.0 Å². The Labute approximate surface area is 145 Å². The van der Waals surface area contributed by atoms with E-state index in [9.17, 15) is 9.18 Å². The first kappa shape index (κ1) is 16.2. The Bertz CT molecular complexity index is 871. The lowest BCUT2D eigenvalue weighted by molar-refractivity contribution is -0.115. The van der Waals surface area contributed by atoms with Crippen LogP contribution in [0.25, 0.3) is 10.2 Å². The molecule has 0 spiro atoms. The summed E-state index contributed by atoms with van der Waals surface area (Å²) in [5.74, 6) is -0.679. The lowest BCUT2D eigenvalue weighted by atomic mass is 10.3. The number of fused-ring (bicyclic) bond motifs is 1. The average Bonchev–Trinajstić information content (AvgIpc) is 2.99. The van der Waals surface area contributed by atoms with Crippen molar-refractivity contribution in [2.24, 2.45) is 0 Å². The van der Waals surface area contributed by atoms with Crippen LogP contribution in [0.4, 0.5) is 10.1 Å². The highest BCUT2D eigenvalue weighted by Gasteiger charge is 2.18. The van der Waals surface area contributed by atoms with Crippen LogP contribution in [0.1, 0.15) is 6.92 Å². The normalized spacial score (nSPS) is 12.3. The third-order valence-electron chi connectivity index (χ3n) is 3.07. The Morgan fingerprint density at radius 2 is 2.22 bits per heavy atom. The second-order valence-corrected chi connectivity index (χ2v) is 7.32. The van der Waals surface area contributed by atoms with Crippen molar-refractivity contribution in [1.82, 2.24) is 9.97 Å². The Kier molecular flexibility index (Phi) is 4.79. The fourth-order valence-corrected chi connectivity index (χ4v) is 3.82. The highest BCUT2D eigenvalue weighted by Crippen LogP contribution is 2.31. The molecule has 3 rings (SSSR count). The summed E-state index contributed by atoms with van der Waals surface area (Å²) in [6, 6.07) is 5.78. The van der Waals surface area contributed by atoms with Gasteiger partial charge in [-0.3, -0.25) is 4.79 Å². The number of rotatable bonds is 4. The molecule has 8 heteroatoms. The van der Waals surface area contributed by atoms with Crippen molar-refractivity contribution in [3.05, 3.63) is 46.8 Å². The fraction of sp³-hybridized carbons (Fsp3) is 0.133. The molecular formula is C15H11ClFN3OS2. The van der Waals surface area contributed by atoms with E-state index in [1.165, 1.54) is 41.6 Å². The first-order chi connectivity index (χ1) is 11.0. The van der Waals surface area contributed by atoms with Gasteiger partial charge in [0.1, 0.15) is 22.0 Å². The molecule has 1 N–H and O–H groups in total. The van der Waals surface area contributed by atoms with Gasteiger partial charge in [0.05, 0.1) is 16.0 Å². The Morgan fingerprint density at radius 1 is 1.39 bits per heavy atom. The van der Waals surface area contributed by atoms with E-state index in [0.29, 0.717) is 5.69 Å². The number of carbonyl (C=O) groups excluding carboxylic acids is 1. The van der Waals surface area contributed by atoms with Gasteiger partial charge in [-0.15, -0.1) is 11.3 Å². The monoisotopic (exact) mass is 367 g/mol. The van der Waals surface area contributed by atoms with E-state index in [2.05, 4.69) is 15.3 Å². The lowest BCUT2D eigenvalue weighted by Crippen LogP contribution is -2.22. The van der Waals surface area contributed by atoms with Crippen LogP contribution in [0.5, 0.6) is 0 Å². The zero-order chi connectivity index (χ0) is 16.4. The second-order valence-electron chi connectivity index (χ2n) is 4.69. The average molecular weight is 368 g/mol. The van der Waals surface area contributed by atoms with Gasteiger partial charge in [0.25, 0.3) is 0 Å². The first-order valence-corrected chi connectivity index (χ1v) is 8.79. The van der Waals surface area contributed by atoms with E-state index < -0.39 is 11.1 Å². The zero-order valence-electron chi connectivity index (χ0n) is 11.9. The molecular weight excluding hydrogens is 357 g/mol. The Hall–Kier alpha value is -1.70. The van der Waals surface area contributed by atoms with E-state index >= 15 is 0 Å². The van der Waals surface area contributed by atoms with Crippen LogP contribution in [-0.2, 0) is 4.79 Å². The minimum atomic E-state index is -0.448. The zero-order valence-corrected chi connectivity index (χ0v) is 14.3. The number of hydrogen-bond donors (Lipinski definition) is 1. The smallest absolute Gasteiger partial charge is 0.237 e. The van der Waals surface area contributed by atoms with E-state index in [0.717, 1.165) is 21.3 Å². The minimum Gasteiger partial charge on any atom is -0.324 e. The second kappa shape index (κ2) is 6.82. The maximum absolute atomic E-state index is 13.0. The van der Waals surface area contributed by atoms with Crippen LogP contribution in [0.2, 0.25) is 5.02 Å². The quantitative estimate of drug-likeness (QED) is 0.540. The third kappa shape index (κ3) is 3.63. The molecule has 2 aromatic heterocycles. The van der Waals surface area contributed by atoms with Crippen molar-refractivity contribution in [2.75, 3.05) is 5.32 Å². The summed E-state index contributed by atoms with van der Waals surface area (Å²) in [6.07, 6.45) is 1.49. The van der Waals surface area contributed by atoms with Crippen molar-refractivity contribution in [3.8, 4) is 0 Å². The summed E-state index contributed by atoms with van der Waals surface area (Å²) in [4.78, 5) is 21.6. The van der Waals surface area contributed by atoms with Gasteiger partial charge >= 0.3 is 0 Å². The van der Waals surface area contributed by atoms with E-state index in [-0.39, 0.29) is 10.9 Å². The number of hydrogen-bond acceptors (Lipinski definition) is 5. The Morgan fingerprint density at radius 3 is 3.00 bits per heavy atom. The fourth-order valence-electron chi connectivity index (χ4n) is 1.91.